The van der Waals surface area contributed by atoms with Gasteiger partial charge < -0.3 is 15.2 Å². The number of aliphatic carboxylic acids is 1. The molecule has 0 aromatic heterocycles. The van der Waals surface area contributed by atoms with E-state index in [1.165, 1.54) is 31.4 Å². The lowest BCUT2D eigenvalue weighted by molar-refractivity contribution is -0.144. The second-order valence-corrected chi connectivity index (χ2v) is 5.26. The first kappa shape index (κ1) is 17.6. The Kier molecular flexibility index (Phi) is 6.03. The van der Waals surface area contributed by atoms with Gasteiger partial charge in [0.2, 0.25) is 0 Å². The minimum atomic E-state index is -1.17. The molecule has 5 nitrogen and oxygen atoms in total. The molecular weight excluding hydrogens is 313 g/mol. The van der Waals surface area contributed by atoms with Crippen LogP contribution in [0.2, 0.25) is 0 Å². The number of carboxylic acids is 1. The first-order valence-corrected chi connectivity index (χ1v) is 7.36. The maximum Gasteiger partial charge on any atom is 0.326 e. The number of halogens is 1. The summed E-state index contributed by atoms with van der Waals surface area (Å²) in [7, 11) is 1.38. The van der Waals surface area contributed by atoms with Crippen molar-refractivity contribution in [1.29, 1.82) is 0 Å². The first-order valence-electron chi connectivity index (χ1n) is 7.36. The predicted molar refractivity (Wildman–Crippen MR) is 85.9 cm³/mol. The van der Waals surface area contributed by atoms with Gasteiger partial charge in [-0.25, -0.2) is 9.18 Å². The van der Waals surface area contributed by atoms with Crippen molar-refractivity contribution in [1.82, 2.24) is 5.32 Å². The second kappa shape index (κ2) is 8.21. The summed E-state index contributed by atoms with van der Waals surface area (Å²) in [4.78, 5) is 23.8. The summed E-state index contributed by atoms with van der Waals surface area (Å²) in [6, 6.07) is 13.1. The molecule has 2 N–H and O–H groups in total. The van der Waals surface area contributed by atoms with Crippen molar-refractivity contribution in [2.75, 3.05) is 7.11 Å². The van der Waals surface area contributed by atoms with E-state index < -0.39 is 29.8 Å². The molecule has 0 aliphatic heterocycles. The number of ether oxygens (including phenoxy) is 1. The van der Waals surface area contributed by atoms with Crippen LogP contribution in [-0.4, -0.2) is 30.1 Å². The topological polar surface area (TPSA) is 75.6 Å². The lowest BCUT2D eigenvalue weighted by Gasteiger charge is -2.20. The SMILES string of the molecule is CO[C@@H](C(=O)N[C@H](Cc1ccc(F)cc1)C(=O)O)c1ccccc1. The average molecular weight is 331 g/mol. The Morgan fingerprint density at radius 1 is 1.12 bits per heavy atom. The minimum Gasteiger partial charge on any atom is -0.480 e. The van der Waals surface area contributed by atoms with E-state index in [-0.39, 0.29) is 6.42 Å². The molecular formula is C18H18FNO4. The Morgan fingerprint density at radius 2 is 1.75 bits per heavy atom. The van der Waals surface area contributed by atoms with Gasteiger partial charge in [-0.1, -0.05) is 42.5 Å². The van der Waals surface area contributed by atoms with Crippen molar-refractivity contribution >= 4 is 11.9 Å². The van der Waals surface area contributed by atoms with Crippen molar-refractivity contribution in [2.45, 2.75) is 18.6 Å². The Labute approximate surface area is 139 Å². The molecule has 0 unspecified atom stereocenters. The third kappa shape index (κ3) is 4.63. The number of hydrogen-bond donors (Lipinski definition) is 2. The first-order chi connectivity index (χ1) is 11.5. The molecule has 0 saturated carbocycles. The molecule has 126 valence electrons. The largest absolute Gasteiger partial charge is 0.480 e. The molecule has 1 amide bonds. The highest BCUT2D eigenvalue weighted by atomic mass is 19.1. The lowest BCUT2D eigenvalue weighted by Crippen LogP contribution is -2.44. The van der Waals surface area contributed by atoms with Gasteiger partial charge in [0, 0.05) is 13.5 Å². The van der Waals surface area contributed by atoms with E-state index >= 15 is 0 Å². The number of hydrogen-bond acceptors (Lipinski definition) is 3. The normalized spacial score (nSPS) is 13.1. The maximum absolute atomic E-state index is 12.9. The van der Waals surface area contributed by atoms with Crippen LogP contribution in [0.4, 0.5) is 4.39 Å². The van der Waals surface area contributed by atoms with Gasteiger partial charge in [0.05, 0.1) is 0 Å². The summed E-state index contributed by atoms with van der Waals surface area (Å²) in [6.45, 7) is 0. The highest BCUT2D eigenvalue weighted by Gasteiger charge is 2.26. The van der Waals surface area contributed by atoms with Crippen LogP contribution < -0.4 is 5.32 Å². The number of amides is 1. The summed E-state index contributed by atoms with van der Waals surface area (Å²) >= 11 is 0. The van der Waals surface area contributed by atoms with Gasteiger partial charge in [0.1, 0.15) is 11.9 Å². The molecule has 2 aromatic rings. The van der Waals surface area contributed by atoms with Gasteiger partial charge in [-0.3, -0.25) is 4.79 Å². The standard InChI is InChI=1S/C18H18FNO4/c1-24-16(13-5-3-2-4-6-13)17(21)20-15(18(22)23)11-12-7-9-14(19)10-8-12/h2-10,15-16H,11H2,1H3,(H,20,21)(H,22,23)/t15-,16-/m1/s1. The van der Waals surface area contributed by atoms with Crippen LogP contribution in [0.25, 0.3) is 0 Å². The van der Waals surface area contributed by atoms with E-state index in [1.54, 1.807) is 24.3 Å². The highest BCUT2D eigenvalue weighted by Crippen LogP contribution is 2.17. The van der Waals surface area contributed by atoms with Crippen LogP contribution in [-0.2, 0) is 20.7 Å². The van der Waals surface area contributed by atoms with Crippen LogP contribution in [0.5, 0.6) is 0 Å². The van der Waals surface area contributed by atoms with Gasteiger partial charge in [-0.15, -0.1) is 0 Å². The van der Waals surface area contributed by atoms with E-state index in [9.17, 15) is 19.1 Å². The Bertz CT molecular complexity index is 688. The third-order valence-electron chi connectivity index (χ3n) is 3.54. The number of rotatable bonds is 7. The lowest BCUT2D eigenvalue weighted by atomic mass is 10.0. The van der Waals surface area contributed by atoms with E-state index in [0.29, 0.717) is 11.1 Å². The van der Waals surface area contributed by atoms with E-state index in [0.717, 1.165) is 0 Å². The molecule has 0 fully saturated rings. The Morgan fingerprint density at radius 3 is 2.29 bits per heavy atom. The highest BCUT2D eigenvalue weighted by molar-refractivity contribution is 5.87. The van der Waals surface area contributed by atoms with E-state index in [2.05, 4.69) is 5.32 Å². The summed E-state index contributed by atoms with van der Waals surface area (Å²) in [5.41, 5.74) is 1.24. The summed E-state index contributed by atoms with van der Waals surface area (Å²) in [5.74, 6) is -2.12. The predicted octanol–water partition coefficient (Wildman–Crippen LogP) is 2.33. The monoisotopic (exact) mass is 331 g/mol. The van der Waals surface area contributed by atoms with Crippen LogP contribution in [0.3, 0.4) is 0 Å². The summed E-state index contributed by atoms with van der Waals surface area (Å²) < 4.78 is 18.1. The van der Waals surface area contributed by atoms with E-state index in [1.807, 2.05) is 6.07 Å². The molecule has 0 aliphatic carbocycles. The number of nitrogens with one attached hydrogen (secondary N) is 1. The maximum atomic E-state index is 12.9. The van der Waals surface area contributed by atoms with Gasteiger partial charge in [-0.05, 0) is 23.3 Å². The third-order valence-corrected chi connectivity index (χ3v) is 3.54. The van der Waals surface area contributed by atoms with Crippen LogP contribution in [0.1, 0.15) is 17.2 Å². The fraction of sp³-hybridized carbons (Fsp3) is 0.222. The van der Waals surface area contributed by atoms with Crippen LogP contribution in [0, 0.1) is 5.82 Å². The number of carbonyl (C=O) groups excluding carboxylic acids is 1. The fourth-order valence-electron chi connectivity index (χ4n) is 2.33. The van der Waals surface area contributed by atoms with Crippen molar-refractivity contribution in [2.24, 2.45) is 0 Å². The van der Waals surface area contributed by atoms with Gasteiger partial charge in [0.15, 0.2) is 6.10 Å². The van der Waals surface area contributed by atoms with Crippen molar-refractivity contribution < 1.29 is 23.8 Å². The van der Waals surface area contributed by atoms with Crippen LogP contribution in [0.15, 0.2) is 54.6 Å². The van der Waals surface area contributed by atoms with Crippen molar-refractivity contribution in [3.63, 3.8) is 0 Å². The molecule has 0 heterocycles. The summed E-state index contributed by atoms with van der Waals surface area (Å²) in [5, 5.41) is 11.8. The number of carboxylic acid groups (broad SMARTS) is 1. The van der Waals surface area contributed by atoms with Gasteiger partial charge in [-0.2, -0.15) is 0 Å². The number of carbonyl (C=O) groups is 2. The van der Waals surface area contributed by atoms with Gasteiger partial charge >= 0.3 is 5.97 Å². The van der Waals surface area contributed by atoms with Crippen molar-refractivity contribution in [3.8, 4) is 0 Å². The molecule has 24 heavy (non-hydrogen) atoms. The average Bonchev–Trinajstić information content (AvgIpc) is 2.57. The molecule has 2 atom stereocenters. The van der Waals surface area contributed by atoms with Gasteiger partial charge in [0.25, 0.3) is 5.91 Å². The smallest absolute Gasteiger partial charge is 0.326 e. The zero-order chi connectivity index (χ0) is 17.5. The molecule has 6 heteroatoms. The Balaban J connectivity index is 2.10. The molecule has 2 aromatic carbocycles. The fourth-order valence-corrected chi connectivity index (χ4v) is 2.33. The summed E-state index contributed by atoms with van der Waals surface area (Å²) in [6.07, 6.45) is -0.853. The molecule has 0 bridgehead atoms. The van der Waals surface area contributed by atoms with E-state index in [4.69, 9.17) is 4.74 Å². The quantitative estimate of drug-likeness (QED) is 0.816. The molecule has 0 saturated heterocycles. The molecule has 0 aliphatic rings. The second-order valence-electron chi connectivity index (χ2n) is 5.26. The Hall–Kier alpha value is -2.73. The molecule has 2 rings (SSSR count). The zero-order valence-corrected chi connectivity index (χ0v) is 13.1. The van der Waals surface area contributed by atoms with Crippen molar-refractivity contribution in [3.05, 3.63) is 71.5 Å². The number of methoxy groups -OCH3 is 1. The minimum absolute atomic E-state index is 0.0482. The molecule has 0 radical (unpaired) electrons. The zero-order valence-electron chi connectivity index (χ0n) is 13.1. The molecule has 0 spiro atoms. The van der Waals surface area contributed by atoms with Crippen LogP contribution >= 0.6 is 0 Å². The number of benzene rings is 2.